The van der Waals surface area contributed by atoms with Gasteiger partial charge in [0, 0.05) is 18.7 Å². The van der Waals surface area contributed by atoms with Crippen molar-refractivity contribution in [3.8, 4) is 0 Å². The first-order chi connectivity index (χ1) is 12.8. The monoisotopic (exact) mass is 379 g/mol. The minimum atomic E-state index is -4.63. The number of rotatable bonds is 6. The molecule has 1 N–H and O–H groups in total. The summed E-state index contributed by atoms with van der Waals surface area (Å²) >= 11 is 0. The van der Waals surface area contributed by atoms with Crippen molar-refractivity contribution < 1.29 is 17.9 Å². The molecule has 0 aliphatic heterocycles. The Labute approximate surface area is 154 Å². The minimum Gasteiger partial charge on any atom is -0.377 e. The van der Waals surface area contributed by atoms with Gasteiger partial charge in [-0.25, -0.2) is 0 Å². The van der Waals surface area contributed by atoms with Crippen LogP contribution in [-0.4, -0.2) is 26.4 Å². The van der Waals surface area contributed by atoms with E-state index in [-0.39, 0.29) is 5.65 Å². The van der Waals surface area contributed by atoms with Crippen molar-refractivity contribution in [2.75, 3.05) is 11.9 Å². The van der Waals surface area contributed by atoms with Gasteiger partial charge < -0.3 is 10.1 Å². The first-order valence-corrected chi connectivity index (χ1v) is 8.51. The van der Waals surface area contributed by atoms with Crippen LogP contribution in [0.25, 0.3) is 5.65 Å². The van der Waals surface area contributed by atoms with Crippen LogP contribution in [0.1, 0.15) is 35.0 Å². The lowest BCUT2D eigenvalue weighted by atomic mass is 10.1. The predicted molar refractivity (Wildman–Crippen MR) is 94.4 cm³/mol. The molecule has 0 spiro atoms. The molecule has 0 saturated heterocycles. The zero-order chi connectivity index (χ0) is 19.6. The molecule has 3 rings (SSSR count). The molecule has 0 radical (unpaired) electrons. The van der Waals surface area contributed by atoms with Gasteiger partial charge >= 0.3 is 6.18 Å². The van der Waals surface area contributed by atoms with Gasteiger partial charge in [-0.2, -0.15) is 17.7 Å². The van der Waals surface area contributed by atoms with E-state index < -0.39 is 12.0 Å². The van der Waals surface area contributed by atoms with E-state index in [1.165, 1.54) is 0 Å². The lowest BCUT2D eigenvalue weighted by Crippen LogP contribution is -2.15. The maximum atomic E-state index is 13.1. The van der Waals surface area contributed by atoms with Crippen molar-refractivity contribution in [2.45, 2.75) is 40.1 Å². The third kappa shape index (κ3) is 3.87. The third-order valence-electron chi connectivity index (χ3n) is 4.37. The summed E-state index contributed by atoms with van der Waals surface area (Å²) in [6, 6.07) is 7.73. The number of aryl methyl sites for hydroxylation is 1. The second-order valence-electron chi connectivity index (χ2n) is 6.11. The van der Waals surface area contributed by atoms with Crippen molar-refractivity contribution >= 4 is 11.5 Å². The first kappa shape index (κ1) is 19.1. The molecule has 0 saturated carbocycles. The molecule has 0 unspecified atom stereocenters. The second kappa shape index (κ2) is 7.51. The first-order valence-electron chi connectivity index (χ1n) is 8.51. The fraction of sp³-hybridized carbons (Fsp3) is 0.389. The van der Waals surface area contributed by atoms with Crippen molar-refractivity contribution in [3.63, 3.8) is 0 Å². The molecule has 0 aliphatic rings. The summed E-state index contributed by atoms with van der Waals surface area (Å²) in [5.41, 5.74) is 3.43. The van der Waals surface area contributed by atoms with Gasteiger partial charge in [0.1, 0.15) is 0 Å². The summed E-state index contributed by atoms with van der Waals surface area (Å²) < 4.78 is 45.6. The van der Waals surface area contributed by atoms with E-state index in [2.05, 4.69) is 20.6 Å². The number of fused-ring (bicyclic) bond motifs is 1. The van der Waals surface area contributed by atoms with Gasteiger partial charge in [-0.05, 0) is 37.5 Å². The van der Waals surface area contributed by atoms with Gasteiger partial charge in [0.25, 0.3) is 5.82 Å². The molecule has 2 aromatic heterocycles. The van der Waals surface area contributed by atoms with E-state index in [1.807, 2.05) is 31.2 Å². The van der Waals surface area contributed by atoms with Crippen molar-refractivity contribution in [1.29, 1.82) is 0 Å². The average Bonchev–Trinajstić information content (AvgIpc) is 3.07. The molecular formula is C18H20F3N5O. The zero-order valence-electron chi connectivity index (χ0n) is 15.3. The van der Waals surface area contributed by atoms with Crippen LogP contribution in [-0.2, 0) is 24.1 Å². The van der Waals surface area contributed by atoms with Crippen molar-refractivity contribution in [3.05, 3.63) is 52.3 Å². The molecular weight excluding hydrogens is 359 g/mol. The number of halogens is 3. The van der Waals surface area contributed by atoms with E-state index >= 15 is 0 Å². The van der Waals surface area contributed by atoms with Crippen LogP contribution < -0.4 is 5.32 Å². The standard InChI is InChI=1S/C18H20F3N5O/c1-4-27-10-14-8-6-5-7-13(14)9-22-15-11(2)12(3)16-23-24-17(18(19,20)21)26(16)25-15/h5-8H,4,9-10H2,1-3H3,(H,22,25). The Morgan fingerprint density at radius 3 is 2.44 bits per heavy atom. The molecule has 0 bridgehead atoms. The average molecular weight is 379 g/mol. The number of aromatic nitrogens is 4. The van der Waals surface area contributed by atoms with Gasteiger partial charge in [0.2, 0.25) is 0 Å². The summed E-state index contributed by atoms with van der Waals surface area (Å²) in [4.78, 5) is 0. The number of benzene rings is 1. The maximum Gasteiger partial charge on any atom is 0.453 e. The predicted octanol–water partition coefficient (Wildman–Crippen LogP) is 3.91. The van der Waals surface area contributed by atoms with Crippen molar-refractivity contribution in [1.82, 2.24) is 19.8 Å². The fourth-order valence-electron chi connectivity index (χ4n) is 2.74. The Morgan fingerprint density at radius 1 is 1.07 bits per heavy atom. The van der Waals surface area contributed by atoms with Crippen LogP contribution in [0, 0.1) is 13.8 Å². The van der Waals surface area contributed by atoms with E-state index in [4.69, 9.17) is 4.74 Å². The topological polar surface area (TPSA) is 64.3 Å². The fourth-order valence-corrected chi connectivity index (χ4v) is 2.74. The molecule has 0 fully saturated rings. The third-order valence-corrected chi connectivity index (χ3v) is 4.37. The number of hydrogen-bond acceptors (Lipinski definition) is 5. The Kier molecular flexibility index (Phi) is 5.31. The quantitative estimate of drug-likeness (QED) is 0.704. The molecule has 2 heterocycles. The molecule has 0 aliphatic carbocycles. The second-order valence-corrected chi connectivity index (χ2v) is 6.11. The molecule has 3 aromatic rings. The summed E-state index contributed by atoms with van der Waals surface area (Å²) in [6.45, 7) is 6.90. The normalized spacial score (nSPS) is 11.9. The Bertz CT molecular complexity index is 952. The van der Waals surface area contributed by atoms with Crippen molar-refractivity contribution in [2.24, 2.45) is 0 Å². The highest BCUT2D eigenvalue weighted by molar-refractivity contribution is 5.58. The van der Waals surface area contributed by atoms with Crippen LogP contribution in [0.3, 0.4) is 0 Å². The van der Waals surface area contributed by atoms with Gasteiger partial charge in [-0.3, -0.25) is 0 Å². The number of alkyl halides is 3. The van der Waals surface area contributed by atoms with Gasteiger partial charge in [-0.15, -0.1) is 15.3 Å². The summed E-state index contributed by atoms with van der Waals surface area (Å²) in [7, 11) is 0. The minimum absolute atomic E-state index is 0.0992. The van der Waals surface area contributed by atoms with Gasteiger partial charge in [0.15, 0.2) is 11.5 Å². The van der Waals surface area contributed by atoms with E-state index in [1.54, 1.807) is 13.8 Å². The van der Waals surface area contributed by atoms with E-state index in [9.17, 15) is 13.2 Å². The molecule has 0 atom stereocenters. The smallest absolute Gasteiger partial charge is 0.377 e. The molecule has 27 heavy (non-hydrogen) atoms. The maximum absolute atomic E-state index is 13.1. The van der Waals surface area contributed by atoms with Crippen LogP contribution in [0.4, 0.5) is 19.0 Å². The van der Waals surface area contributed by atoms with Crippen LogP contribution in [0.15, 0.2) is 24.3 Å². The largest absolute Gasteiger partial charge is 0.453 e. The van der Waals surface area contributed by atoms with Crippen LogP contribution in [0.5, 0.6) is 0 Å². The SMILES string of the molecule is CCOCc1ccccc1CNc1nn2c(C(F)(F)F)nnc2c(C)c1C. The molecule has 9 heteroatoms. The highest BCUT2D eigenvalue weighted by atomic mass is 19.4. The summed E-state index contributed by atoms with van der Waals surface area (Å²) in [6.07, 6.45) is -4.63. The summed E-state index contributed by atoms with van der Waals surface area (Å²) in [5.74, 6) is -0.781. The lowest BCUT2D eigenvalue weighted by molar-refractivity contribution is -0.146. The Balaban J connectivity index is 1.93. The van der Waals surface area contributed by atoms with E-state index in [0.717, 1.165) is 21.2 Å². The van der Waals surface area contributed by atoms with Gasteiger partial charge in [0.05, 0.1) is 6.61 Å². The Morgan fingerprint density at radius 2 is 1.78 bits per heavy atom. The highest BCUT2D eigenvalue weighted by Gasteiger charge is 2.38. The zero-order valence-corrected chi connectivity index (χ0v) is 15.3. The number of nitrogens with one attached hydrogen (secondary N) is 1. The van der Waals surface area contributed by atoms with E-state index in [0.29, 0.717) is 31.1 Å². The lowest BCUT2D eigenvalue weighted by Gasteiger charge is -2.14. The number of ether oxygens (including phenoxy) is 1. The summed E-state index contributed by atoms with van der Waals surface area (Å²) in [5, 5.41) is 14.1. The molecule has 0 amide bonds. The molecule has 6 nitrogen and oxygen atoms in total. The molecule has 144 valence electrons. The number of nitrogens with zero attached hydrogens (tertiary/aromatic N) is 4. The highest BCUT2D eigenvalue weighted by Crippen LogP contribution is 2.29. The number of hydrogen-bond donors (Lipinski definition) is 1. The Hall–Kier alpha value is -2.68. The molecule has 1 aromatic carbocycles. The van der Waals surface area contributed by atoms with Crippen LogP contribution >= 0.6 is 0 Å². The number of anilines is 1. The van der Waals surface area contributed by atoms with Crippen LogP contribution in [0.2, 0.25) is 0 Å². The van der Waals surface area contributed by atoms with Gasteiger partial charge in [-0.1, -0.05) is 24.3 Å².